The minimum atomic E-state index is -0.904. The second-order valence-electron chi connectivity index (χ2n) is 5.15. The van der Waals surface area contributed by atoms with Gasteiger partial charge < -0.3 is 5.32 Å². The molecule has 2 nitrogen and oxygen atoms in total. The van der Waals surface area contributed by atoms with Crippen molar-refractivity contribution in [3.8, 4) is 0 Å². The Morgan fingerprint density at radius 2 is 2.22 bits per heavy atom. The van der Waals surface area contributed by atoms with Crippen LogP contribution in [0.15, 0.2) is 18.2 Å². The van der Waals surface area contributed by atoms with Crippen molar-refractivity contribution in [2.24, 2.45) is 5.41 Å². The second kappa shape index (κ2) is 5.14. The predicted octanol–water partition coefficient (Wildman–Crippen LogP) is 2.47. The first-order chi connectivity index (χ1) is 8.53. The highest BCUT2D eigenvalue weighted by Crippen LogP contribution is 2.28. The van der Waals surface area contributed by atoms with Crippen LogP contribution in [0.2, 0.25) is 0 Å². The van der Waals surface area contributed by atoms with Crippen LogP contribution >= 0.6 is 0 Å². The van der Waals surface area contributed by atoms with Crippen molar-refractivity contribution in [3.05, 3.63) is 35.4 Å². The van der Waals surface area contributed by atoms with E-state index in [9.17, 15) is 13.6 Å². The molecule has 1 aromatic carbocycles. The molecule has 1 heterocycles. The van der Waals surface area contributed by atoms with Crippen molar-refractivity contribution in [2.45, 2.75) is 26.2 Å². The molecular formula is C14H17F2NO. The summed E-state index contributed by atoms with van der Waals surface area (Å²) in [5.74, 6) is -1.83. The van der Waals surface area contributed by atoms with Crippen molar-refractivity contribution in [1.82, 2.24) is 5.32 Å². The standard InChI is InChI=1S/C14H17F2NO/c1-14(6-3-7-17-9-14)12(18)8-10-4-2-5-11(15)13(10)16/h2,4-5,17H,3,6-9H2,1H3. The minimum absolute atomic E-state index is 0.0285. The highest BCUT2D eigenvalue weighted by Gasteiger charge is 2.34. The molecule has 0 bridgehead atoms. The Kier molecular flexibility index (Phi) is 3.76. The van der Waals surface area contributed by atoms with E-state index >= 15 is 0 Å². The molecule has 4 heteroatoms. The van der Waals surface area contributed by atoms with Gasteiger partial charge in [-0.15, -0.1) is 0 Å². The van der Waals surface area contributed by atoms with E-state index in [4.69, 9.17) is 0 Å². The predicted molar refractivity (Wildman–Crippen MR) is 65.3 cm³/mol. The van der Waals surface area contributed by atoms with Gasteiger partial charge in [0.05, 0.1) is 0 Å². The lowest BCUT2D eigenvalue weighted by Crippen LogP contribution is -2.44. The second-order valence-corrected chi connectivity index (χ2v) is 5.15. The summed E-state index contributed by atoms with van der Waals surface area (Å²) in [5.41, 5.74) is -0.316. The molecule has 0 aromatic heterocycles. The zero-order valence-electron chi connectivity index (χ0n) is 10.4. The van der Waals surface area contributed by atoms with Crippen LogP contribution in [-0.2, 0) is 11.2 Å². The number of carbonyl (C=O) groups excluding carboxylic acids is 1. The SMILES string of the molecule is CC1(C(=O)Cc2cccc(F)c2F)CCCNC1. The number of rotatable bonds is 3. The maximum atomic E-state index is 13.5. The Labute approximate surface area is 105 Å². The third-order valence-electron chi connectivity index (χ3n) is 3.65. The maximum Gasteiger partial charge on any atom is 0.162 e. The quantitative estimate of drug-likeness (QED) is 0.896. The number of benzene rings is 1. The van der Waals surface area contributed by atoms with E-state index in [1.807, 2.05) is 6.92 Å². The summed E-state index contributed by atoms with van der Waals surface area (Å²) in [6.45, 7) is 3.42. The summed E-state index contributed by atoms with van der Waals surface area (Å²) >= 11 is 0. The van der Waals surface area contributed by atoms with Crippen molar-refractivity contribution >= 4 is 5.78 Å². The van der Waals surface area contributed by atoms with Gasteiger partial charge in [-0.2, -0.15) is 0 Å². The van der Waals surface area contributed by atoms with Crippen molar-refractivity contribution < 1.29 is 13.6 Å². The first-order valence-corrected chi connectivity index (χ1v) is 6.20. The summed E-state index contributed by atoms with van der Waals surface area (Å²) in [4.78, 5) is 12.2. The molecule has 0 amide bonds. The van der Waals surface area contributed by atoms with Crippen LogP contribution in [0.5, 0.6) is 0 Å². The van der Waals surface area contributed by atoms with E-state index in [-0.39, 0.29) is 17.8 Å². The average Bonchev–Trinajstić information content (AvgIpc) is 2.36. The maximum absolute atomic E-state index is 13.5. The summed E-state index contributed by atoms with van der Waals surface area (Å²) in [7, 11) is 0. The van der Waals surface area contributed by atoms with Crippen LogP contribution in [0.3, 0.4) is 0 Å². The normalized spacial score (nSPS) is 23.9. The molecular weight excluding hydrogens is 236 g/mol. The zero-order valence-corrected chi connectivity index (χ0v) is 10.4. The number of nitrogens with one attached hydrogen (secondary N) is 1. The van der Waals surface area contributed by atoms with E-state index in [0.717, 1.165) is 25.5 Å². The van der Waals surface area contributed by atoms with Gasteiger partial charge in [0.2, 0.25) is 0 Å². The molecule has 1 saturated heterocycles. The molecule has 1 aliphatic heterocycles. The van der Waals surface area contributed by atoms with Gasteiger partial charge in [0.25, 0.3) is 0 Å². The molecule has 0 aliphatic carbocycles. The molecule has 98 valence electrons. The summed E-state index contributed by atoms with van der Waals surface area (Å²) in [6.07, 6.45) is 1.70. The van der Waals surface area contributed by atoms with Crippen molar-refractivity contribution in [2.75, 3.05) is 13.1 Å². The topological polar surface area (TPSA) is 29.1 Å². The monoisotopic (exact) mass is 253 g/mol. The summed E-state index contributed by atoms with van der Waals surface area (Å²) < 4.78 is 26.6. The number of hydrogen-bond acceptors (Lipinski definition) is 2. The number of ketones is 1. The summed E-state index contributed by atoms with van der Waals surface area (Å²) in [5, 5.41) is 3.18. The molecule has 2 rings (SSSR count). The lowest BCUT2D eigenvalue weighted by atomic mass is 9.77. The Bertz CT molecular complexity index is 453. The molecule has 1 fully saturated rings. The third kappa shape index (κ3) is 2.58. The van der Waals surface area contributed by atoms with Gasteiger partial charge in [-0.25, -0.2) is 8.78 Å². The Balaban J connectivity index is 2.13. The number of carbonyl (C=O) groups is 1. The first kappa shape index (κ1) is 13.1. The largest absolute Gasteiger partial charge is 0.316 e. The van der Waals surface area contributed by atoms with E-state index < -0.39 is 17.0 Å². The van der Waals surface area contributed by atoms with Crippen LogP contribution in [0.1, 0.15) is 25.3 Å². The fourth-order valence-corrected chi connectivity index (χ4v) is 2.37. The molecule has 0 spiro atoms. The van der Waals surface area contributed by atoms with Crippen LogP contribution in [0, 0.1) is 17.0 Å². The van der Waals surface area contributed by atoms with Crippen LogP contribution in [0.25, 0.3) is 0 Å². The van der Waals surface area contributed by atoms with Gasteiger partial charge in [-0.3, -0.25) is 4.79 Å². The van der Waals surface area contributed by atoms with Gasteiger partial charge in [-0.05, 0) is 31.0 Å². The zero-order chi connectivity index (χ0) is 13.2. The third-order valence-corrected chi connectivity index (χ3v) is 3.65. The van der Waals surface area contributed by atoms with E-state index in [2.05, 4.69) is 5.32 Å². The van der Waals surface area contributed by atoms with Crippen LogP contribution < -0.4 is 5.32 Å². The lowest BCUT2D eigenvalue weighted by molar-refractivity contribution is -0.128. The average molecular weight is 253 g/mol. The van der Waals surface area contributed by atoms with E-state index in [1.54, 1.807) is 0 Å². The summed E-state index contributed by atoms with van der Waals surface area (Å²) in [6, 6.07) is 3.96. The first-order valence-electron chi connectivity index (χ1n) is 6.20. The molecule has 0 radical (unpaired) electrons. The Hall–Kier alpha value is -1.29. The molecule has 1 unspecified atom stereocenters. The van der Waals surface area contributed by atoms with Crippen molar-refractivity contribution in [1.29, 1.82) is 0 Å². The highest BCUT2D eigenvalue weighted by atomic mass is 19.2. The number of piperidine rings is 1. The molecule has 1 aliphatic rings. The fourth-order valence-electron chi connectivity index (χ4n) is 2.37. The highest BCUT2D eigenvalue weighted by molar-refractivity contribution is 5.86. The van der Waals surface area contributed by atoms with E-state index in [1.165, 1.54) is 12.1 Å². The van der Waals surface area contributed by atoms with Gasteiger partial charge in [0, 0.05) is 18.4 Å². The minimum Gasteiger partial charge on any atom is -0.316 e. The number of Topliss-reactive ketones (excluding diaryl/α,β-unsaturated/α-hetero) is 1. The van der Waals surface area contributed by atoms with Gasteiger partial charge in [0.1, 0.15) is 5.78 Å². The number of hydrogen-bond donors (Lipinski definition) is 1. The van der Waals surface area contributed by atoms with Gasteiger partial charge >= 0.3 is 0 Å². The molecule has 18 heavy (non-hydrogen) atoms. The van der Waals surface area contributed by atoms with E-state index in [0.29, 0.717) is 6.54 Å². The number of halogens is 2. The van der Waals surface area contributed by atoms with Crippen molar-refractivity contribution in [3.63, 3.8) is 0 Å². The Morgan fingerprint density at radius 3 is 2.89 bits per heavy atom. The molecule has 0 saturated carbocycles. The van der Waals surface area contributed by atoms with Gasteiger partial charge in [0.15, 0.2) is 11.6 Å². The molecule has 1 atom stereocenters. The fraction of sp³-hybridized carbons (Fsp3) is 0.500. The van der Waals surface area contributed by atoms with Crippen LogP contribution in [-0.4, -0.2) is 18.9 Å². The molecule has 1 N–H and O–H groups in total. The van der Waals surface area contributed by atoms with Crippen LogP contribution in [0.4, 0.5) is 8.78 Å². The lowest BCUT2D eigenvalue weighted by Gasteiger charge is -2.32. The Morgan fingerprint density at radius 1 is 1.44 bits per heavy atom. The van der Waals surface area contributed by atoms with Gasteiger partial charge in [-0.1, -0.05) is 19.1 Å². The molecule has 1 aromatic rings. The smallest absolute Gasteiger partial charge is 0.162 e.